The summed E-state index contributed by atoms with van der Waals surface area (Å²) in [5, 5.41) is 3.23. The molecule has 88 valence electrons. The maximum atomic E-state index is 13.4. The molecule has 4 heteroatoms. The Morgan fingerprint density at radius 3 is 2.81 bits per heavy atom. The second-order valence-corrected chi connectivity index (χ2v) is 4.61. The van der Waals surface area contributed by atoms with Gasteiger partial charge < -0.3 is 15.8 Å². The Morgan fingerprint density at radius 2 is 2.25 bits per heavy atom. The Kier molecular flexibility index (Phi) is 2.86. The minimum absolute atomic E-state index is 0.122. The van der Waals surface area contributed by atoms with E-state index in [0.717, 1.165) is 18.7 Å². The molecule has 1 heterocycles. The van der Waals surface area contributed by atoms with Gasteiger partial charge in [0.25, 0.3) is 0 Å². The van der Waals surface area contributed by atoms with Crippen molar-refractivity contribution in [1.82, 2.24) is 5.32 Å². The van der Waals surface area contributed by atoms with E-state index in [1.165, 1.54) is 19.2 Å². The summed E-state index contributed by atoms with van der Waals surface area (Å²) in [6.45, 7) is 3.51. The molecule has 1 aliphatic rings. The quantitative estimate of drug-likeness (QED) is 0.794. The highest BCUT2D eigenvalue weighted by molar-refractivity contribution is 5.35. The van der Waals surface area contributed by atoms with E-state index >= 15 is 0 Å². The van der Waals surface area contributed by atoms with Crippen LogP contribution in [0.15, 0.2) is 18.2 Å². The fourth-order valence-corrected chi connectivity index (χ4v) is 2.24. The monoisotopic (exact) mass is 224 g/mol. The minimum atomic E-state index is -0.335. The molecule has 16 heavy (non-hydrogen) atoms. The van der Waals surface area contributed by atoms with Gasteiger partial charge in [-0.15, -0.1) is 0 Å². The van der Waals surface area contributed by atoms with Gasteiger partial charge in [0.05, 0.1) is 7.11 Å². The van der Waals surface area contributed by atoms with Gasteiger partial charge in [-0.25, -0.2) is 4.39 Å². The second-order valence-electron chi connectivity index (χ2n) is 4.61. The average Bonchev–Trinajstić information content (AvgIpc) is 2.57. The van der Waals surface area contributed by atoms with Gasteiger partial charge in [0, 0.05) is 30.6 Å². The van der Waals surface area contributed by atoms with Crippen molar-refractivity contribution in [3.63, 3.8) is 0 Å². The summed E-state index contributed by atoms with van der Waals surface area (Å²) in [6.07, 6.45) is 0. The molecule has 2 atom stereocenters. The summed E-state index contributed by atoms with van der Waals surface area (Å²) in [5.74, 6) is 0.381. The number of hydrogen-bond acceptors (Lipinski definition) is 3. The van der Waals surface area contributed by atoms with Gasteiger partial charge in [0.15, 0.2) is 0 Å². The van der Waals surface area contributed by atoms with Gasteiger partial charge in [-0.05, 0) is 24.6 Å². The summed E-state index contributed by atoms with van der Waals surface area (Å²) in [5.41, 5.74) is 6.73. The second kappa shape index (κ2) is 4.03. The number of ether oxygens (including phenoxy) is 1. The van der Waals surface area contributed by atoms with Crippen LogP contribution < -0.4 is 15.8 Å². The number of nitrogens with two attached hydrogens (primary N) is 1. The molecule has 3 nitrogen and oxygen atoms in total. The zero-order valence-electron chi connectivity index (χ0n) is 9.59. The molecule has 0 amide bonds. The normalized spacial score (nSPS) is 29.4. The standard InChI is InChI=1S/C12H17FN2O/c1-12(14)7-15-6-11(12)8-3-9(13)5-10(4-8)16-2/h3-5,11,15H,6-7,14H2,1-2H3/t11-,12+/m1/s1. The molecule has 0 spiro atoms. The van der Waals surface area contributed by atoms with Gasteiger partial charge in [-0.3, -0.25) is 0 Å². The third-order valence-electron chi connectivity index (χ3n) is 3.18. The van der Waals surface area contributed by atoms with Gasteiger partial charge in [-0.2, -0.15) is 0 Å². The molecule has 0 aliphatic carbocycles. The molecule has 0 bridgehead atoms. The predicted octanol–water partition coefficient (Wildman–Crippen LogP) is 1.24. The molecule has 0 unspecified atom stereocenters. The van der Waals surface area contributed by atoms with E-state index in [4.69, 9.17) is 10.5 Å². The first-order chi connectivity index (χ1) is 7.53. The van der Waals surface area contributed by atoms with Crippen molar-refractivity contribution in [2.75, 3.05) is 20.2 Å². The van der Waals surface area contributed by atoms with Crippen LogP contribution in [0.3, 0.4) is 0 Å². The number of methoxy groups -OCH3 is 1. The van der Waals surface area contributed by atoms with Crippen molar-refractivity contribution in [2.24, 2.45) is 5.73 Å². The van der Waals surface area contributed by atoms with Crippen LogP contribution in [-0.2, 0) is 0 Å². The fourth-order valence-electron chi connectivity index (χ4n) is 2.24. The highest BCUT2D eigenvalue weighted by Gasteiger charge is 2.36. The van der Waals surface area contributed by atoms with Gasteiger partial charge >= 0.3 is 0 Å². The lowest BCUT2D eigenvalue weighted by Crippen LogP contribution is -2.42. The zero-order valence-corrected chi connectivity index (χ0v) is 9.59. The highest BCUT2D eigenvalue weighted by atomic mass is 19.1. The lowest BCUT2D eigenvalue weighted by atomic mass is 9.84. The van der Waals surface area contributed by atoms with Crippen molar-refractivity contribution >= 4 is 0 Å². The van der Waals surface area contributed by atoms with Crippen molar-refractivity contribution in [2.45, 2.75) is 18.4 Å². The molecule has 2 rings (SSSR count). The topological polar surface area (TPSA) is 47.3 Å². The van der Waals surface area contributed by atoms with Crippen LogP contribution in [0.25, 0.3) is 0 Å². The first kappa shape index (κ1) is 11.4. The maximum Gasteiger partial charge on any atom is 0.127 e. The molecule has 1 aromatic carbocycles. The van der Waals surface area contributed by atoms with Crippen LogP contribution in [0.4, 0.5) is 4.39 Å². The molecule has 0 saturated carbocycles. The lowest BCUT2D eigenvalue weighted by Gasteiger charge is -2.26. The lowest BCUT2D eigenvalue weighted by molar-refractivity contribution is 0.407. The fraction of sp³-hybridized carbons (Fsp3) is 0.500. The zero-order chi connectivity index (χ0) is 11.8. The van der Waals surface area contributed by atoms with Gasteiger partial charge in [-0.1, -0.05) is 0 Å². The average molecular weight is 224 g/mol. The Balaban J connectivity index is 2.36. The number of benzene rings is 1. The SMILES string of the molecule is COc1cc(F)cc([C@H]2CNC[C@]2(C)N)c1. The molecule has 1 fully saturated rings. The molecular formula is C12H17FN2O. The first-order valence-corrected chi connectivity index (χ1v) is 5.37. The molecule has 1 saturated heterocycles. The van der Waals surface area contributed by atoms with Gasteiger partial charge in [0.1, 0.15) is 11.6 Å². The van der Waals surface area contributed by atoms with E-state index < -0.39 is 0 Å². The van der Waals surface area contributed by atoms with Crippen molar-refractivity contribution in [3.8, 4) is 5.75 Å². The number of halogens is 1. The molecular weight excluding hydrogens is 207 g/mol. The maximum absolute atomic E-state index is 13.4. The first-order valence-electron chi connectivity index (χ1n) is 5.37. The van der Waals surface area contributed by atoms with Crippen LogP contribution in [-0.4, -0.2) is 25.7 Å². The predicted molar refractivity (Wildman–Crippen MR) is 61.2 cm³/mol. The smallest absolute Gasteiger partial charge is 0.127 e. The van der Waals surface area contributed by atoms with E-state index in [1.807, 2.05) is 13.0 Å². The molecule has 1 aromatic rings. The Bertz CT molecular complexity index is 393. The van der Waals surface area contributed by atoms with Crippen LogP contribution in [0, 0.1) is 5.82 Å². The number of hydrogen-bond donors (Lipinski definition) is 2. The molecule has 3 N–H and O–H groups in total. The van der Waals surface area contributed by atoms with E-state index in [-0.39, 0.29) is 17.3 Å². The Hall–Kier alpha value is -1.13. The van der Waals surface area contributed by atoms with Crippen LogP contribution in [0.2, 0.25) is 0 Å². The molecule has 1 aliphatic heterocycles. The minimum Gasteiger partial charge on any atom is -0.497 e. The third-order valence-corrected chi connectivity index (χ3v) is 3.18. The van der Waals surface area contributed by atoms with Crippen LogP contribution in [0.5, 0.6) is 5.75 Å². The number of nitrogens with one attached hydrogen (secondary N) is 1. The summed E-state index contributed by atoms with van der Waals surface area (Å²) in [6, 6.07) is 4.76. The number of rotatable bonds is 2. The van der Waals surface area contributed by atoms with E-state index in [9.17, 15) is 4.39 Å². The van der Waals surface area contributed by atoms with Crippen molar-refractivity contribution in [1.29, 1.82) is 0 Å². The summed E-state index contributed by atoms with van der Waals surface area (Å²) in [7, 11) is 1.53. The Morgan fingerprint density at radius 1 is 1.50 bits per heavy atom. The van der Waals surface area contributed by atoms with Crippen molar-refractivity contribution in [3.05, 3.63) is 29.6 Å². The summed E-state index contributed by atoms with van der Waals surface area (Å²) in [4.78, 5) is 0. The molecule has 0 radical (unpaired) electrons. The van der Waals surface area contributed by atoms with E-state index in [0.29, 0.717) is 5.75 Å². The van der Waals surface area contributed by atoms with E-state index in [2.05, 4.69) is 5.32 Å². The van der Waals surface area contributed by atoms with Gasteiger partial charge in [0.2, 0.25) is 0 Å². The van der Waals surface area contributed by atoms with Crippen LogP contribution in [0.1, 0.15) is 18.4 Å². The largest absolute Gasteiger partial charge is 0.497 e. The third kappa shape index (κ3) is 2.03. The van der Waals surface area contributed by atoms with Crippen LogP contribution >= 0.6 is 0 Å². The summed E-state index contributed by atoms with van der Waals surface area (Å²) >= 11 is 0. The summed E-state index contributed by atoms with van der Waals surface area (Å²) < 4.78 is 18.4. The molecule has 0 aromatic heterocycles. The van der Waals surface area contributed by atoms with Crippen molar-refractivity contribution < 1.29 is 9.13 Å². The van der Waals surface area contributed by atoms with E-state index in [1.54, 1.807) is 0 Å². The Labute approximate surface area is 94.8 Å². The highest BCUT2D eigenvalue weighted by Crippen LogP contribution is 2.32.